The number of piperidine rings is 1. The standard InChI is InChI=1S/C30H36ClN5O/c1-33-15-17-35(18-16-33)29-20-28-21(19-25(29)31)12-14-36(28)30(37)32-26-10-6-7-22-23(26)8-5-9-24(22)27-11-3-4-13-34(27)2/h5-10,19-20,27H,3-4,11-18H2,1-2H3,(H,32,37). The van der Waals surface area contributed by atoms with Crippen molar-refractivity contribution in [2.75, 3.05) is 68.5 Å². The molecule has 3 aromatic rings. The summed E-state index contributed by atoms with van der Waals surface area (Å²) in [5, 5.41) is 6.35. The predicted molar refractivity (Wildman–Crippen MR) is 154 cm³/mol. The van der Waals surface area contributed by atoms with Gasteiger partial charge in [-0.1, -0.05) is 48.4 Å². The van der Waals surface area contributed by atoms with Crippen LogP contribution in [-0.2, 0) is 6.42 Å². The first-order valence-corrected chi connectivity index (χ1v) is 13.9. The summed E-state index contributed by atoms with van der Waals surface area (Å²) >= 11 is 6.71. The smallest absolute Gasteiger partial charge is 0.326 e. The van der Waals surface area contributed by atoms with Gasteiger partial charge in [-0.25, -0.2) is 4.79 Å². The van der Waals surface area contributed by atoms with E-state index in [4.69, 9.17) is 11.6 Å². The first-order chi connectivity index (χ1) is 18.0. The summed E-state index contributed by atoms with van der Waals surface area (Å²) in [5.41, 5.74) is 5.36. The average molecular weight is 518 g/mol. The second kappa shape index (κ2) is 10.2. The van der Waals surface area contributed by atoms with E-state index >= 15 is 0 Å². The summed E-state index contributed by atoms with van der Waals surface area (Å²) in [6.07, 6.45) is 4.52. The molecule has 7 heteroatoms. The number of hydrogen-bond acceptors (Lipinski definition) is 4. The van der Waals surface area contributed by atoms with Crippen molar-refractivity contribution in [1.82, 2.24) is 9.80 Å². The normalized spacial score (nSPS) is 20.9. The van der Waals surface area contributed by atoms with Gasteiger partial charge in [0.05, 0.1) is 22.1 Å². The molecule has 0 aliphatic carbocycles. The van der Waals surface area contributed by atoms with Crippen molar-refractivity contribution in [3.63, 3.8) is 0 Å². The lowest BCUT2D eigenvalue weighted by Crippen LogP contribution is -2.44. The third kappa shape index (κ3) is 4.67. The average Bonchev–Trinajstić information content (AvgIpc) is 3.32. The number of nitrogens with zero attached hydrogens (tertiary/aromatic N) is 4. The topological polar surface area (TPSA) is 42.1 Å². The highest BCUT2D eigenvalue weighted by molar-refractivity contribution is 6.33. The molecule has 3 aromatic carbocycles. The molecule has 6 rings (SSSR count). The van der Waals surface area contributed by atoms with Crippen LogP contribution in [0.3, 0.4) is 0 Å². The third-order valence-electron chi connectivity index (χ3n) is 8.46. The second-order valence-electron chi connectivity index (χ2n) is 10.8. The fourth-order valence-electron chi connectivity index (χ4n) is 6.28. The molecule has 2 fully saturated rings. The number of hydrogen-bond donors (Lipinski definition) is 1. The van der Waals surface area contributed by atoms with E-state index in [0.29, 0.717) is 12.6 Å². The largest absolute Gasteiger partial charge is 0.368 e. The van der Waals surface area contributed by atoms with Gasteiger partial charge in [-0.15, -0.1) is 0 Å². The minimum atomic E-state index is -0.0851. The molecule has 1 atom stereocenters. The van der Waals surface area contributed by atoms with Gasteiger partial charge in [-0.2, -0.15) is 0 Å². The van der Waals surface area contributed by atoms with Gasteiger partial charge in [0.1, 0.15) is 0 Å². The van der Waals surface area contributed by atoms with Crippen LogP contribution < -0.4 is 15.1 Å². The molecular weight excluding hydrogens is 482 g/mol. The van der Waals surface area contributed by atoms with Crippen LogP contribution in [0.5, 0.6) is 0 Å². The van der Waals surface area contributed by atoms with Crippen molar-refractivity contribution < 1.29 is 4.79 Å². The SMILES string of the molecule is CN1CCN(c2cc3c(cc2Cl)CCN3C(=O)Nc2cccc3c(C4CCCCN4C)cccc23)CC1. The number of likely N-dealkylation sites (tertiary alicyclic amines) is 1. The Morgan fingerprint density at radius 2 is 1.68 bits per heavy atom. The first kappa shape index (κ1) is 24.5. The highest BCUT2D eigenvalue weighted by Crippen LogP contribution is 2.39. The van der Waals surface area contributed by atoms with Gasteiger partial charge >= 0.3 is 6.03 Å². The summed E-state index contributed by atoms with van der Waals surface area (Å²) < 4.78 is 0. The number of piperazine rings is 1. The molecule has 1 unspecified atom stereocenters. The number of anilines is 3. The maximum absolute atomic E-state index is 13.6. The van der Waals surface area contributed by atoms with Gasteiger partial charge in [0.25, 0.3) is 0 Å². The zero-order valence-electron chi connectivity index (χ0n) is 21.8. The Balaban J connectivity index is 1.27. The van der Waals surface area contributed by atoms with Crippen molar-refractivity contribution in [2.24, 2.45) is 0 Å². The van der Waals surface area contributed by atoms with Crippen LogP contribution in [0.15, 0.2) is 48.5 Å². The van der Waals surface area contributed by atoms with E-state index < -0.39 is 0 Å². The summed E-state index contributed by atoms with van der Waals surface area (Å²) in [6, 6.07) is 17.3. The minimum Gasteiger partial charge on any atom is -0.368 e. The number of benzene rings is 3. The summed E-state index contributed by atoms with van der Waals surface area (Å²) in [4.78, 5) is 22.6. The molecule has 0 bridgehead atoms. The second-order valence-corrected chi connectivity index (χ2v) is 11.2. The van der Waals surface area contributed by atoms with E-state index in [9.17, 15) is 4.79 Å². The Morgan fingerprint density at radius 3 is 2.49 bits per heavy atom. The van der Waals surface area contributed by atoms with Crippen LogP contribution in [0.4, 0.5) is 21.9 Å². The molecule has 2 saturated heterocycles. The van der Waals surface area contributed by atoms with Crippen molar-refractivity contribution in [3.8, 4) is 0 Å². The van der Waals surface area contributed by atoms with Crippen LogP contribution in [-0.4, -0.2) is 69.2 Å². The van der Waals surface area contributed by atoms with E-state index in [-0.39, 0.29) is 6.03 Å². The quantitative estimate of drug-likeness (QED) is 0.463. The highest BCUT2D eigenvalue weighted by Gasteiger charge is 2.29. The Kier molecular flexibility index (Phi) is 6.74. The molecular formula is C30H36ClN5O. The molecule has 3 aliphatic rings. The molecule has 1 N–H and O–H groups in total. The fourth-order valence-corrected chi connectivity index (χ4v) is 6.59. The molecule has 0 radical (unpaired) electrons. The number of fused-ring (bicyclic) bond motifs is 2. The Labute approximate surface area is 224 Å². The van der Waals surface area contributed by atoms with Crippen LogP contribution >= 0.6 is 11.6 Å². The van der Waals surface area contributed by atoms with E-state index in [1.54, 1.807) is 0 Å². The minimum absolute atomic E-state index is 0.0851. The number of halogens is 1. The molecule has 3 heterocycles. The maximum atomic E-state index is 13.6. The van der Waals surface area contributed by atoms with Crippen LogP contribution in [0, 0.1) is 0 Å². The van der Waals surface area contributed by atoms with Crippen molar-refractivity contribution in [2.45, 2.75) is 31.7 Å². The number of carbonyl (C=O) groups is 1. The number of carbonyl (C=O) groups excluding carboxylic acids is 1. The monoisotopic (exact) mass is 517 g/mol. The van der Waals surface area contributed by atoms with E-state index in [1.807, 2.05) is 11.0 Å². The van der Waals surface area contributed by atoms with Gasteiger partial charge in [-0.05, 0) is 74.6 Å². The van der Waals surface area contributed by atoms with Gasteiger partial charge in [0, 0.05) is 44.2 Å². The molecule has 6 nitrogen and oxygen atoms in total. The molecule has 3 aliphatic heterocycles. The molecule has 0 spiro atoms. The zero-order valence-corrected chi connectivity index (χ0v) is 22.6. The number of amides is 2. The molecule has 194 valence electrons. The van der Waals surface area contributed by atoms with Crippen LogP contribution in [0.25, 0.3) is 10.8 Å². The summed E-state index contributed by atoms with van der Waals surface area (Å²) in [7, 11) is 4.37. The molecule has 0 aromatic heterocycles. The molecule has 37 heavy (non-hydrogen) atoms. The van der Waals surface area contributed by atoms with Crippen molar-refractivity contribution >= 4 is 45.5 Å². The zero-order chi connectivity index (χ0) is 25.5. The van der Waals surface area contributed by atoms with Gasteiger partial charge in [0.15, 0.2) is 0 Å². The van der Waals surface area contributed by atoms with E-state index in [1.165, 1.54) is 30.2 Å². The lowest BCUT2D eigenvalue weighted by molar-refractivity contribution is 0.188. The lowest BCUT2D eigenvalue weighted by atomic mass is 9.91. The van der Waals surface area contributed by atoms with Crippen LogP contribution in [0.1, 0.15) is 36.4 Å². The maximum Gasteiger partial charge on any atom is 0.326 e. The van der Waals surface area contributed by atoms with Crippen molar-refractivity contribution in [3.05, 3.63) is 64.7 Å². The Morgan fingerprint density at radius 1 is 0.892 bits per heavy atom. The Bertz CT molecular complexity index is 1320. The first-order valence-electron chi connectivity index (χ1n) is 13.6. The Hall–Kier alpha value is -2.80. The summed E-state index contributed by atoms with van der Waals surface area (Å²) in [5.74, 6) is 0. The summed E-state index contributed by atoms with van der Waals surface area (Å²) in [6.45, 7) is 5.69. The fraction of sp³-hybridized carbons (Fsp3) is 0.433. The highest BCUT2D eigenvalue weighted by atomic mass is 35.5. The number of urea groups is 1. The number of likely N-dealkylation sites (N-methyl/N-ethyl adjacent to an activating group) is 1. The molecule has 0 saturated carbocycles. The predicted octanol–water partition coefficient (Wildman–Crippen LogP) is 6.00. The van der Waals surface area contributed by atoms with Gasteiger partial charge in [-0.3, -0.25) is 9.80 Å². The van der Waals surface area contributed by atoms with E-state index in [2.05, 4.69) is 76.6 Å². The third-order valence-corrected chi connectivity index (χ3v) is 8.76. The molecule has 2 amide bonds. The van der Waals surface area contributed by atoms with Gasteiger partial charge in [0.2, 0.25) is 0 Å². The van der Waals surface area contributed by atoms with Crippen molar-refractivity contribution in [1.29, 1.82) is 0 Å². The number of rotatable bonds is 3. The van der Waals surface area contributed by atoms with Crippen LogP contribution in [0.2, 0.25) is 5.02 Å². The number of nitrogens with one attached hydrogen (secondary N) is 1. The lowest BCUT2D eigenvalue weighted by Gasteiger charge is -2.35. The van der Waals surface area contributed by atoms with E-state index in [0.717, 1.165) is 72.2 Å². The van der Waals surface area contributed by atoms with Gasteiger partial charge < -0.3 is 15.1 Å².